The SMILES string of the molecule is COc1ccc(CC(CO)Nc2ncnc(N3CCCC3c3ccc(C(C)(F)F)cc3)c2F)cc1. The highest BCUT2D eigenvalue weighted by molar-refractivity contribution is 5.53. The van der Waals surface area contributed by atoms with E-state index in [1.807, 2.05) is 29.2 Å². The van der Waals surface area contributed by atoms with Crippen molar-refractivity contribution in [3.63, 3.8) is 0 Å². The van der Waals surface area contributed by atoms with Gasteiger partial charge in [0.2, 0.25) is 5.82 Å². The Morgan fingerprint density at radius 1 is 1.14 bits per heavy atom. The largest absolute Gasteiger partial charge is 0.497 e. The maximum Gasteiger partial charge on any atom is 0.270 e. The molecule has 0 spiro atoms. The fourth-order valence-electron chi connectivity index (χ4n) is 4.43. The number of hydrogen-bond acceptors (Lipinski definition) is 6. The molecule has 4 rings (SSSR count). The van der Waals surface area contributed by atoms with Crippen molar-refractivity contribution in [2.24, 2.45) is 0 Å². The van der Waals surface area contributed by atoms with Gasteiger partial charge in [-0.05, 0) is 42.5 Å². The first-order valence-corrected chi connectivity index (χ1v) is 11.6. The van der Waals surface area contributed by atoms with E-state index in [-0.39, 0.29) is 29.8 Å². The molecule has 2 N–H and O–H groups in total. The van der Waals surface area contributed by atoms with Crippen LogP contribution in [0.1, 0.15) is 42.5 Å². The summed E-state index contributed by atoms with van der Waals surface area (Å²) in [4.78, 5) is 10.1. The number of nitrogens with zero attached hydrogens (tertiary/aromatic N) is 3. The highest BCUT2D eigenvalue weighted by Crippen LogP contribution is 2.38. The number of ether oxygens (including phenoxy) is 1. The number of alkyl halides is 2. The molecule has 2 unspecified atom stereocenters. The van der Waals surface area contributed by atoms with Crippen LogP contribution >= 0.6 is 0 Å². The smallest absolute Gasteiger partial charge is 0.270 e. The van der Waals surface area contributed by atoms with Gasteiger partial charge in [-0.2, -0.15) is 4.39 Å². The zero-order chi connectivity index (χ0) is 25.0. The maximum absolute atomic E-state index is 15.5. The number of aliphatic hydroxyl groups excluding tert-OH is 1. The summed E-state index contributed by atoms with van der Waals surface area (Å²) in [5.74, 6) is -2.64. The van der Waals surface area contributed by atoms with Crippen molar-refractivity contribution >= 4 is 11.6 Å². The van der Waals surface area contributed by atoms with Crippen molar-refractivity contribution in [3.8, 4) is 5.75 Å². The molecule has 0 radical (unpaired) electrons. The van der Waals surface area contributed by atoms with Crippen LogP contribution in [0.5, 0.6) is 5.75 Å². The van der Waals surface area contributed by atoms with Crippen molar-refractivity contribution in [1.82, 2.24) is 9.97 Å². The summed E-state index contributed by atoms with van der Waals surface area (Å²) in [5.41, 5.74) is 1.72. The van der Waals surface area contributed by atoms with Crippen LogP contribution in [-0.4, -0.2) is 41.4 Å². The minimum absolute atomic E-state index is 0.00850. The van der Waals surface area contributed by atoms with Crippen LogP contribution in [0.15, 0.2) is 54.9 Å². The number of aromatic nitrogens is 2. The lowest BCUT2D eigenvalue weighted by atomic mass is 10.0. The molecular weight excluding hydrogens is 457 g/mol. The van der Waals surface area contributed by atoms with Crippen LogP contribution < -0.4 is 15.0 Å². The number of rotatable bonds is 9. The van der Waals surface area contributed by atoms with Crippen molar-refractivity contribution < 1.29 is 23.0 Å². The molecule has 35 heavy (non-hydrogen) atoms. The molecule has 1 aromatic heterocycles. The molecule has 2 atom stereocenters. The normalized spacial score (nSPS) is 16.9. The number of aliphatic hydroxyl groups is 1. The fraction of sp³-hybridized carbons (Fsp3) is 0.385. The molecule has 0 bridgehead atoms. The first-order valence-electron chi connectivity index (χ1n) is 11.6. The van der Waals surface area contributed by atoms with Crippen LogP contribution in [0, 0.1) is 5.82 Å². The highest BCUT2D eigenvalue weighted by atomic mass is 19.3. The second-order valence-electron chi connectivity index (χ2n) is 8.80. The van der Waals surface area contributed by atoms with Gasteiger partial charge in [0.1, 0.15) is 12.1 Å². The van der Waals surface area contributed by atoms with Crippen LogP contribution in [-0.2, 0) is 12.3 Å². The summed E-state index contributed by atoms with van der Waals surface area (Å²) in [6, 6.07) is 13.0. The lowest BCUT2D eigenvalue weighted by Gasteiger charge is -2.27. The number of benzene rings is 2. The Bertz CT molecular complexity index is 1120. The van der Waals surface area contributed by atoms with Crippen molar-refractivity contribution in [2.75, 3.05) is 30.5 Å². The molecule has 0 aliphatic carbocycles. The summed E-state index contributed by atoms with van der Waals surface area (Å²) < 4.78 is 47.9. The van der Waals surface area contributed by atoms with Crippen molar-refractivity contribution in [2.45, 2.75) is 44.2 Å². The molecule has 0 saturated carbocycles. The Balaban J connectivity index is 1.52. The second kappa shape index (κ2) is 10.5. The Kier molecular flexibility index (Phi) is 7.45. The van der Waals surface area contributed by atoms with Gasteiger partial charge in [-0.1, -0.05) is 36.4 Å². The number of hydrogen-bond donors (Lipinski definition) is 2. The molecule has 1 fully saturated rings. The van der Waals surface area contributed by atoms with E-state index in [0.29, 0.717) is 13.0 Å². The average Bonchev–Trinajstić information content (AvgIpc) is 3.34. The monoisotopic (exact) mass is 486 g/mol. The van der Waals surface area contributed by atoms with E-state index in [4.69, 9.17) is 4.74 Å². The van der Waals surface area contributed by atoms with E-state index >= 15 is 4.39 Å². The standard InChI is InChI=1S/C26H29F3N4O2/c1-26(28,29)19-9-7-18(8-10-19)22-4-3-13-33(22)25-23(27)24(30-16-31-25)32-20(15-34)14-17-5-11-21(35-2)12-6-17/h5-12,16,20,22,34H,3-4,13-15H2,1-2H3,(H,30,31,32). The van der Waals surface area contributed by atoms with Gasteiger partial charge in [0, 0.05) is 19.0 Å². The quantitative estimate of drug-likeness (QED) is 0.439. The Morgan fingerprint density at radius 2 is 1.86 bits per heavy atom. The van der Waals surface area contributed by atoms with Gasteiger partial charge in [-0.3, -0.25) is 0 Å². The minimum atomic E-state index is -2.91. The second-order valence-corrected chi connectivity index (χ2v) is 8.80. The topological polar surface area (TPSA) is 70.5 Å². The lowest BCUT2D eigenvalue weighted by Crippen LogP contribution is -2.29. The first kappa shape index (κ1) is 24.8. The average molecular weight is 487 g/mol. The van der Waals surface area contributed by atoms with E-state index < -0.39 is 17.8 Å². The van der Waals surface area contributed by atoms with Gasteiger partial charge in [0.15, 0.2) is 11.6 Å². The first-order chi connectivity index (χ1) is 16.8. The molecule has 0 amide bonds. The Morgan fingerprint density at radius 3 is 2.49 bits per heavy atom. The molecule has 186 valence electrons. The highest BCUT2D eigenvalue weighted by Gasteiger charge is 2.31. The minimum Gasteiger partial charge on any atom is -0.497 e. The third-order valence-electron chi connectivity index (χ3n) is 6.30. The van der Waals surface area contributed by atoms with E-state index in [0.717, 1.165) is 36.6 Å². The number of halogens is 3. The number of nitrogens with one attached hydrogen (secondary N) is 1. The van der Waals surface area contributed by atoms with Gasteiger partial charge in [-0.15, -0.1) is 0 Å². The molecule has 1 saturated heterocycles. The van der Waals surface area contributed by atoms with Crippen LogP contribution in [0.2, 0.25) is 0 Å². The summed E-state index contributed by atoms with van der Waals surface area (Å²) in [7, 11) is 1.59. The summed E-state index contributed by atoms with van der Waals surface area (Å²) in [5, 5.41) is 12.9. The molecule has 9 heteroatoms. The zero-order valence-corrected chi connectivity index (χ0v) is 19.7. The third kappa shape index (κ3) is 5.67. The molecule has 2 heterocycles. The Hall–Kier alpha value is -3.33. The number of anilines is 2. The molecule has 6 nitrogen and oxygen atoms in total. The van der Waals surface area contributed by atoms with Gasteiger partial charge >= 0.3 is 0 Å². The van der Waals surface area contributed by atoms with E-state index in [1.165, 1.54) is 18.5 Å². The summed E-state index contributed by atoms with van der Waals surface area (Å²) >= 11 is 0. The van der Waals surface area contributed by atoms with E-state index in [1.54, 1.807) is 19.2 Å². The predicted octanol–water partition coefficient (Wildman–Crippen LogP) is 5.09. The van der Waals surface area contributed by atoms with Crippen molar-refractivity contribution in [3.05, 3.63) is 77.4 Å². The van der Waals surface area contributed by atoms with Crippen LogP contribution in [0.3, 0.4) is 0 Å². The lowest BCUT2D eigenvalue weighted by molar-refractivity contribution is 0.0174. The van der Waals surface area contributed by atoms with Crippen LogP contribution in [0.25, 0.3) is 0 Å². The Labute approximate surface area is 202 Å². The molecule has 1 aliphatic heterocycles. The molecular formula is C26H29F3N4O2. The van der Waals surface area contributed by atoms with Crippen LogP contribution in [0.4, 0.5) is 24.8 Å². The third-order valence-corrected chi connectivity index (χ3v) is 6.30. The zero-order valence-electron chi connectivity index (χ0n) is 19.7. The fourth-order valence-corrected chi connectivity index (χ4v) is 4.43. The summed E-state index contributed by atoms with van der Waals surface area (Å²) in [6.07, 6.45) is 3.32. The van der Waals surface area contributed by atoms with Gasteiger partial charge in [-0.25, -0.2) is 18.7 Å². The maximum atomic E-state index is 15.5. The molecule has 3 aromatic rings. The van der Waals surface area contributed by atoms with Gasteiger partial charge in [0.05, 0.1) is 25.8 Å². The van der Waals surface area contributed by atoms with E-state index in [9.17, 15) is 13.9 Å². The van der Waals surface area contributed by atoms with Gasteiger partial charge in [0.25, 0.3) is 5.92 Å². The predicted molar refractivity (Wildman–Crippen MR) is 129 cm³/mol. The van der Waals surface area contributed by atoms with E-state index in [2.05, 4.69) is 15.3 Å². The van der Waals surface area contributed by atoms with Crippen molar-refractivity contribution in [1.29, 1.82) is 0 Å². The molecule has 2 aromatic carbocycles. The number of methoxy groups -OCH3 is 1. The summed E-state index contributed by atoms with van der Waals surface area (Å²) in [6.45, 7) is 1.23. The van der Waals surface area contributed by atoms with Gasteiger partial charge < -0.3 is 20.1 Å². The molecule has 1 aliphatic rings.